The molecule has 0 amide bonds. The Bertz CT molecular complexity index is 368. The highest BCUT2D eigenvalue weighted by atomic mass is 15.1. The highest BCUT2D eigenvalue weighted by Gasteiger charge is 1.86. The summed E-state index contributed by atoms with van der Waals surface area (Å²) in [5.41, 5.74) is 1.95. The first-order chi connectivity index (χ1) is 6.95. The van der Waals surface area contributed by atoms with Gasteiger partial charge in [-0.3, -0.25) is 0 Å². The van der Waals surface area contributed by atoms with Gasteiger partial charge in [0, 0.05) is 0 Å². The fourth-order valence-corrected chi connectivity index (χ4v) is 1.08. The molecule has 0 aliphatic carbocycles. The molecule has 1 heterocycles. The van der Waals surface area contributed by atoms with Gasteiger partial charge in [0.15, 0.2) is 0 Å². The van der Waals surface area contributed by atoms with Gasteiger partial charge in [-0.25, -0.2) is 4.98 Å². The van der Waals surface area contributed by atoms with Gasteiger partial charge < -0.3 is 0 Å². The SMILES string of the molecule is C(=Cc1cnncn1)c1ccccc1. The molecule has 3 heteroatoms. The third kappa shape index (κ3) is 2.23. The molecule has 0 spiro atoms. The molecule has 0 bridgehead atoms. The van der Waals surface area contributed by atoms with Crippen LogP contribution in [-0.4, -0.2) is 15.2 Å². The third-order valence-electron chi connectivity index (χ3n) is 1.76. The normalized spacial score (nSPS) is 10.6. The van der Waals surface area contributed by atoms with E-state index in [2.05, 4.69) is 15.2 Å². The second-order valence-electron chi connectivity index (χ2n) is 2.77. The molecule has 1 aromatic heterocycles. The van der Waals surface area contributed by atoms with E-state index in [9.17, 15) is 0 Å². The molecule has 2 aromatic rings. The largest absolute Gasteiger partial charge is 0.233 e. The second-order valence-corrected chi connectivity index (χ2v) is 2.77. The molecular formula is C11H9N3. The number of benzene rings is 1. The van der Waals surface area contributed by atoms with Crippen molar-refractivity contribution >= 4 is 12.2 Å². The Morgan fingerprint density at radius 2 is 1.79 bits per heavy atom. The maximum absolute atomic E-state index is 4.03. The van der Waals surface area contributed by atoms with Crippen LogP contribution in [-0.2, 0) is 0 Å². The van der Waals surface area contributed by atoms with Crippen LogP contribution in [0.5, 0.6) is 0 Å². The zero-order valence-electron chi connectivity index (χ0n) is 7.54. The Kier molecular flexibility index (Phi) is 2.62. The predicted octanol–water partition coefficient (Wildman–Crippen LogP) is 2.04. The Morgan fingerprint density at radius 3 is 2.50 bits per heavy atom. The van der Waals surface area contributed by atoms with Crippen molar-refractivity contribution in [3.05, 3.63) is 54.1 Å². The Balaban J connectivity index is 2.16. The van der Waals surface area contributed by atoms with Crippen molar-refractivity contribution in [2.24, 2.45) is 0 Å². The van der Waals surface area contributed by atoms with Crippen LogP contribution in [0.25, 0.3) is 12.2 Å². The number of hydrogen-bond donors (Lipinski definition) is 0. The number of hydrogen-bond acceptors (Lipinski definition) is 3. The second kappa shape index (κ2) is 4.28. The quantitative estimate of drug-likeness (QED) is 0.715. The van der Waals surface area contributed by atoms with Crippen molar-refractivity contribution in [1.82, 2.24) is 15.2 Å². The van der Waals surface area contributed by atoms with E-state index in [4.69, 9.17) is 0 Å². The molecular weight excluding hydrogens is 174 g/mol. The fraction of sp³-hybridized carbons (Fsp3) is 0. The molecule has 2 rings (SSSR count). The van der Waals surface area contributed by atoms with Gasteiger partial charge in [-0.15, -0.1) is 5.10 Å². The van der Waals surface area contributed by atoms with Gasteiger partial charge >= 0.3 is 0 Å². The monoisotopic (exact) mass is 183 g/mol. The lowest BCUT2D eigenvalue weighted by molar-refractivity contribution is 0.961. The fourth-order valence-electron chi connectivity index (χ4n) is 1.08. The van der Waals surface area contributed by atoms with Crippen LogP contribution in [0.15, 0.2) is 42.9 Å². The van der Waals surface area contributed by atoms with Crippen LogP contribution in [0, 0.1) is 0 Å². The van der Waals surface area contributed by atoms with Gasteiger partial charge in [0.1, 0.15) is 6.33 Å². The van der Waals surface area contributed by atoms with Crippen LogP contribution in [0.2, 0.25) is 0 Å². The van der Waals surface area contributed by atoms with Crippen molar-refractivity contribution in [2.45, 2.75) is 0 Å². The first kappa shape index (κ1) is 8.56. The summed E-state index contributed by atoms with van der Waals surface area (Å²) in [6.45, 7) is 0. The topological polar surface area (TPSA) is 38.7 Å². The van der Waals surface area contributed by atoms with E-state index in [0.29, 0.717) is 0 Å². The summed E-state index contributed by atoms with van der Waals surface area (Å²) in [6, 6.07) is 10.1. The van der Waals surface area contributed by atoms with Gasteiger partial charge in [-0.05, 0) is 11.6 Å². The van der Waals surface area contributed by atoms with E-state index in [1.165, 1.54) is 6.33 Å². The number of rotatable bonds is 2. The minimum absolute atomic E-state index is 0.809. The molecule has 0 atom stereocenters. The highest BCUT2D eigenvalue weighted by Crippen LogP contribution is 2.03. The van der Waals surface area contributed by atoms with E-state index >= 15 is 0 Å². The van der Waals surface area contributed by atoms with Gasteiger partial charge in [0.05, 0.1) is 11.9 Å². The molecule has 0 unspecified atom stereocenters. The minimum Gasteiger partial charge on any atom is -0.233 e. The summed E-state index contributed by atoms with van der Waals surface area (Å²) in [5.74, 6) is 0. The molecule has 14 heavy (non-hydrogen) atoms. The van der Waals surface area contributed by atoms with Gasteiger partial charge in [-0.2, -0.15) is 5.10 Å². The lowest BCUT2D eigenvalue weighted by atomic mass is 10.2. The molecule has 0 saturated heterocycles. The summed E-state index contributed by atoms with van der Waals surface area (Å²) in [4.78, 5) is 4.03. The van der Waals surface area contributed by atoms with E-state index < -0.39 is 0 Å². The van der Waals surface area contributed by atoms with Gasteiger partial charge in [0.2, 0.25) is 0 Å². The lowest BCUT2D eigenvalue weighted by Gasteiger charge is -1.91. The summed E-state index contributed by atoms with van der Waals surface area (Å²) in [7, 11) is 0. The molecule has 68 valence electrons. The van der Waals surface area contributed by atoms with Crippen molar-refractivity contribution in [2.75, 3.05) is 0 Å². The van der Waals surface area contributed by atoms with Crippen LogP contribution in [0.4, 0.5) is 0 Å². The van der Waals surface area contributed by atoms with Gasteiger partial charge in [-0.1, -0.05) is 36.4 Å². The molecule has 0 aliphatic rings. The Hall–Kier alpha value is -2.03. The van der Waals surface area contributed by atoms with E-state index in [1.807, 2.05) is 42.5 Å². The Labute approximate surface area is 82.2 Å². The number of aromatic nitrogens is 3. The van der Waals surface area contributed by atoms with Crippen LogP contribution < -0.4 is 0 Å². The lowest BCUT2D eigenvalue weighted by Crippen LogP contribution is -1.84. The zero-order chi connectivity index (χ0) is 9.64. The van der Waals surface area contributed by atoms with E-state index in [0.717, 1.165) is 11.3 Å². The van der Waals surface area contributed by atoms with E-state index in [-0.39, 0.29) is 0 Å². The first-order valence-electron chi connectivity index (χ1n) is 4.31. The molecule has 0 aliphatic heterocycles. The van der Waals surface area contributed by atoms with Crippen LogP contribution in [0.1, 0.15) is 11.3 Å². The molecule has 0 saturated carbocycles. The van der Waals surface area contributed by atoms with Crippen molar-refractivity contribution in [1.29, 1.82) is 0 Å². The predicted molar refractivity (Wildman–Crippen MR) is 55.2 cm³/mol. The summed E-state index contributed by atoms with van der Waals surface area (Å²) < 4.78 is 0. The smallest absolute Gasteiger partial charge is 0.138 e. The molecule has 0 radical (unpaired) electrons. The Morgan fingerprint density at radius 1 is 0.929 bits per heavy atom. The van der Waals surface area contributed by atoms with Crippen molar-refractivity contribution < 1.29 is 0 Å². The average molecular weight is 183 g/mol. The standard InChI is InChI=1S/C11H9N3/c1-2-4-10(5-3-1)6-7-11-8-13-14-9-12-11/h1-9H. The summed E-state index contributed by atoms with van der Waals surface area (Å²) >= 11 is 0. The third-order valence-corrected chi connectivity index (χ3v) is 1.76. The van der Waals surface area contributed by atoms with Crippen LogP contribution in [0.3, 0.4) is 0 Å². The maximum Gasteiger partial charge on any atom is 0.138 e. The molecule has 0 fully saturated rings. The molecule has 0 N–H and O–H groups in total. The van der Waals surface area contributed by atoms with Gasteiger partial charge in [0.25, 0.3) is 0 Å². The van der Waals surface area contributed by atoms with Crippen LogP contribution >= 0.6 is 0 Å². The maximum atomic E-state index is 4.03. The summed E-state index contributed by atoms with van der Waals surface area (Å²) in [6.07, 6.45) is 6.96. The number of nitrogens with zero attached hydrogens (tertiary/aromatic N) is 3. The zero-order valence-corrected chi connectivity index (χ0v) is 7.54. The summed E-state index contributed by atoms with van der Waals surface area (Å²) in [5, 5.41) is 7.34. The average Bonchev–Trinajstić information content (AvgIpc) is 2.29. The molecule has 1 aromatic carbocycles. The minimum atomic E-state index is 0.809. The van der Waals surface area contributed by atoms with Crippen molar-refractivity contribution in [3.63, 3.8) is 0 Å². The molecule has 3 nitrogen and oxygen atoms in total. The first-order valence-corrected chi connectivity index (χ1v) is 4.31. The van der Waals surface area contributed by atoms with E-state index in [1.54, 1.807) is 6.20 Å². The van der Waals surface area contributed by atoms with Crippen molar-refractivity contribution in [3.8, 4) is 0 Å². The highest BCUT2D eigenvalue weighted by molar-refractivity contribution is 5.67.